The molecule has 1 saturated carbocycles. The Hall–Kier alpha value is -2.95. The van der Waals surface area contributed by atoms with Crippen molar-refractivity contribution in [3.8, 4) is 11.8 Å². The van der Waals surface area contributed by atoms with Crippen molar-refractivity contribution < 1.29 is 30.0 Å². The Morgan fingerprint density at radius 2 is 1.68 bits per heavy atom. The lowest BCUT2D eigenvalue weighted by Gasteiger charge is -2.54. The van der Waals surface area contributed by atoms with Crippen molar-refractivity contribution in [3.63, 3.8) is 0 Å². The van der Waals surface area contributed by atoms with E-state index in [1.165, 1.54) is 19.1 Å². The van der Waals surface area contributed by atoms with Crippen LogP contribution >= 0.6 is 0 Å². The number of carbonyl (C=O) groups excluding carboxylic acids is 1. The van der Waals surface area contributed by atoms with Crippen molar-refractivity contribution in [2.45, 2.75) is 97.6 Å². The van der Waals surface area contributed by atoms with Gasteiger partial charge in [-0.3, -0.25) is 0 Å². The van der Waals surface area contributed by atoms with Gasteiger partial charge < -0.3 is 25.2 Å². The number of carbonyl (C=O) groups is 1. The minimum atomic E-state index is -1.64. The molecular weight excluding hydrogens is 504 g/mol. The van der Waals surface area contributed by atoms with Gasteiger partial charge >= 0.3 is 5.97 Å². The van der Waals surface area contributed by atoms with Gasteiger partial charge in [0.05, 0.1) is 23.4 Å². The molecule has 0 amide bonds. The van der Waals surface area contributed by atoms with Crippen molar-refractivity contribution >= 4 is 5.97 Å². The van der Waals surface area contributed by atoms with Crippen molar-refractivity contribution in [3.05, 3.63) is 82.7 Å². The summed E-state index contributed by atoms with van der Waals surface area (Å²) in [6, 6.07) is 0. The van der Waals surface area contributed by atoms with E-state index in [1.807, 2.05) is 38.2 Å². The van der Waals surface area contributed by atoms with Gasteiger partial charge in [0.1, 0.15) is 11.4 Å². The second-order valence-electron chi connectivity index (χ2n) is 12.8. The topological polar surface area (TPSA) is 107 Å². The van der Waals surface area contributed by atoms with Crippen LogP contribution in [0.5, 0.6) is 0 Å². The van der Waals surface area contributed by atoms with E-state index in [4.69, 9.17) is 4.74 Å². The van der Waals surface area contributed by atoms with Crippen LogP contribution in [0.3, 0.4) is 0 Å². The molecule has 3 rings (SSSR count). The summed E-state index contributed by atoms with van der Waals surface area (Å²) in [4.78, 5) is 12.4. The third-order valence-corrected chi connectivity index (χ3v) is 8.20. The molecule has 40 heavy (non-hydrogen) atoms. The molecule has 6 heteroatoms. The molecule has 0 radical (unpaired) electrons. The molecule has 0 spiro atoms. The Kier molecular flexibility index (Phi) is 9.38. The lowest BCUT2D eigenvalue weighted by Crippen LogP contribution is -2.65. The molecule has 3 aliphatic rings. The Labute approximate surface area is 238 Å². The van der Waals surface area contributed by atoms with E-state index in [1.54, 1.807) is 32.1 Å². The predicted molar refractivity (Wildman–Crippen MR) is 158 cm³/mol. The Balaban J connectivity index is 1.64. The number of hydrogen-bond donors (Lipinski definition) is 4. The zero-order chi connectivity index (χ0) is 29.9. The van der Waals surface area contributed by atoms with Crippen molar-refractivity contribution in [1.29, 1.82) is 0 Å². The molecule has 6 nitrogen and oxygen atoms in total. The minimum Gasteiger partial charge on any atom is -0.423 e. The molecule has 216 valence electrons. The smallest absolute Gasteiger partial charge is 0.343 e. The van der Waals surface area contributed by atoms with Gasteiger partial charge in [-0.1, -0.05) is 75.5 Å². The predicted octanol–water partition coefficient (Wildman–Crippen LogP) is 5.13. The number of hydrogen-bond acceptors (Lipinski definition) is 6. The molecule has 0 bridgehead atoms. The van der Waals surface area contributed by atoms with E-state index >= 15 is 0 Å². The highest BCUT2D eigenvalue weighted by molar-refractivity contribution is 5.95. The highest BCUT2D eigenvalue weighted by atomic mass is 16.5. The van der Waals surface area contributed by atoms with E-state index < -0.39 is 28.7 Å². The molecule has 1 heterocycles. The average Bonchev–Trinajstić information content (AvgIpc) is 3.15. The van der Waals surface area contributed by atoms with E-state index in [0.717, 1.165) is 16.7 Å². The number of rotatable bonds is 5. The van der Waals surface area contributed by atoms with Crippen molar-refractivity contribution in [2.75, 3.05) is 0 Å². The zero-order valence-electron chi connectivity index (χ0n) is 24.8. The van der Waals surface area contributed by atoms with Gasteiger partial charge in [0, 0.05) is 22.8 Å². The van der Waals surface area contributed by atoms with Crippen LogP contribution in [0.4, 0.5) is 0 Å². The quantitative estimate of drug-likeness (QED) is 0.216. The lowest BCUT2D eigenvalue weighted by molar-refractivity contribution is -0.216. The summed E-state index contributed by atoms with van der Waals surface area (Å²) in [5.74, 6) is 6.36. The van der Waals surface area contributed by atoms with E-state index in [-0.39, 0.29) is 23.5 Å². The maximum atomic E-state index is 12.4. The first-order valence-corrected chi connectivity index (χ1v) is 13.9. The number of allylic oxidation sites excluding steroid dienone is 9. The largest absolute Gasteiger partial charge is 0.423 e. The van der Waals surface area contributed by atoms with Crippen LogP contribution in [-0.2, 0) is 9.53 Å². The molecule has 1 fully saturated rings. The van der Waals surface area contributed by atoms with Gasteiger partial charge in [-0.25, -0.2) is 4.79 Å². The van der Waals surface area contributed by atoms with Crippen LogP contribution in [0, 0.1) is 22.7 Å². The van der Waals surface area contributed by atoms with Gasteiger partial charge in [-0.05, 0) is 69.9 Å². The molecular formula is C34H44O6. The molecule has 0 aromatic heterocycles. The second-order valence-corrected chi connectivity index (χ2v) is 12.8. The highest BCUT2D eigenvalue weighted by Crippen LogP contribution is 2.50. The molecule has 4 atom stereocenters. The number of cyclic esters (lactones) is 1. The fourth-order valence-corrected chi connectivity index (χ4v) is 6.14. The minimum absolute atomic E-state index is 0.0342. The van der Waals surface area contributed by atoms with Crippen LogP contribution in [0.15, 0.2) is 82.7 Å². The normalized spacial score (nSPS) is 33.6. The standard InChI is InChI=1S/C34H44O6/c1-23(14-15-29-24(2)18-26(35)20-31(29,3)4)12-10-8-9-11-13-28-19-25(30(37)40-28)16-17-34(39)32(5,6)21-27(36)22-33(34,7)38/h8-13,16-17,19,26-27,35-36,38-39H,18,20-22H2,1-7H3. The zero-order valence-corrected chi connectivity index (χ0v) is 24.8. The molecule has 2 aliphatic carbocycles. The van der Waals surface area contributed by atoms with Gasteiger partial charge in [0.25, 0.3) is 0 Å². The first-order valence-electron chi connectivity index (χ1n) is 13.9. The summed E-state index contributed by atoms with van der Waals surface area (Å²) in [6.07, 6.45) is 16.1. The Morgan fingerprint density at radius 1 is 1.00 bits per heavy atom. The van der Waals surface area contributed by atoms with E-state index in [2.05, 4.69) is 25.7 Å². The molecule has 0 aromatic rings. The van der Waals surface area contributed by atoms with Gasteiger partial charge in [0.2, 0.25) is 0 Å². The summed E-state index contributed by atoms with van der Waals surface area (Å²) < 4.78 is 5.30. The van der Waals surface area contributed by atoms with E-state index in [0.29, 0.717) is 25.0 Å². The monoisotopic (exact) mass is 548 g/mol. The van der Waals surface area contributed by atoms with E-state index in [9.17, 15) is 25.2 Å². The summed E-state index contributed by atoms with van der Waals surface area (Å²) in [7, 11) is 0. The van der Waals surface area contributed by atoms with Gasteiger partial charge in [-0.2, -0.15) is 0 Å². The van der Waals surface area contributed by atoms with Gasteiger partial charge in [-0.15, -0.1) is 0 Å². The fourth-order valence-electron chi connectivity index (χ4n) is 6.14. The highest BCUT2D eigenvalue weighted by Gasteiger charge is 2.58. The molecule has 0 aromatic carbocycles. The fraction of sp³-hybridized carbons (Fsp3) is 0.500. The molecule has 4 N–H and O–H groups in total. The van der Waals surface area contributed by atoms with Crippen LogP contribution in [-0.4, -0.2) is 49.8 Å². The first-order chi connectivity index (χ1) is 18.5. The lowest BCUT2D eigenvalue weighted by atomic mass is 9.57. The van der Waals surface area contributed by atoms with Gasteiger partial charge in [0.15, 0.2) is 0 Å². The van der Waals surface area contributed by atoms with Crippen LogP contribution in [0.25, 0.3) is 0 Å². The van der Waals surface area contributed by atoms with Crippen LogP contribution < -0.4 is 0 Å². The SMILES string of the molecule is CC(C#CC1=C(C)CC(O)CC1(C)C)=CC=CC=CC=C1C=C(C=CC2(O)C(C)(C)CC(O)CC2(C)O)C(=O)O1. The molecule has 4 unspecified atom stereocenters. The van der Waals surface area contributed by atoms with Crippen LogP contribution in [0.1, 0.15) is 74.1 Å². The molecule has 0 saturated heterocycles. The first kappa shape index (κ1) is 31.6. The molecule has 1 aliphatic heterocycles. The second kappa shape index (κ2) is 11.9. The third-order valence-electron chi connectivity index (χ3n) is 8.20. The summed E-state index contributed by atoms with van der Waals surface area (Å²) in [5, 5.41) is 42.4. The third kappa shape index (κ3) is 7.03. The Bertz CT molecular complexity index is 1260. The summed E-state index contributed by atoms with van der Waals surface area (Å²) >= 11 is 0. The van der Waals surface area contributed by atoms with Crippen LogP contribution in [0.2, 0.25) is 0 Å². The number of esters is 1. The maximum Gasteiger partial charge on any atom is 0.343 e. The number of aliphatic hydroxyl groups is 4. The van der Waals surface area contributed by atoms with Crippen molar-refractivity contribution in [2.24, 2.45) is 10.8 Å². The summed E-state index contributed by atoms with van der Waals surface area (Å²) in [5.41, 5.74) is -0.711. The summed E-state index contributed by atoms with van der Waals surface area (Å²) in [6.45, 7) is 13.3. The Morgan fingerprint density at radius 3 is 2.33 bits per heavy atom. The number of aliphatic hydroxyl groups excluding tert-OH is 2. The van der Waals surface area contributed by atoms with Crippen molar-refractivity contribution in [1.82, 2.24) is 0 Å². The average molecular weight is 549 g/mol. The number of ether oxygens (including phenoxy) is 1. The maximum absolute atomic E-state index is 12.4.